The van der Waals surface area contributed by atoms with E-state index in [2.05, 4.69) is 41.9 Å². The number of carbonyl (C=O) groups is 1. The fourth-order valence-corrected chi connectivity index (χ4v) is 5.57. The smallest absolute Gasteiger partial charge is 0.262 e. The predicted octanol–water partition coefficient (Wildman–Crippen LogP) is 5.06. The summed E-state index contributed by atoms with van der Waals surface area (Å²) in [5.41, 5.74) is 2.42. The van der Waals surface area contributed by atoms with Gasteiger partial charge >= 0.3 is 0 Å². The largest absolute Gasteiger partial charge is 0.482 e. The quantitative estimate of drug-likeness (QED) is 0.370. The summed E-state index contributed by atoms with van der Waals surface area (Å²) < 4.78 is 34.8. The first kappa shape index (κ1) is 24.4. The van der Waals surface area contributed by atoms with Crippen molar-refractivity contribution in [2.75, 3.05) is 18.5 Å². The van der Waals surface area contributed by atoms with Crippen molar-refractivity contribution in [1.82, 2.24) is 4.72 Å². The average molecular weight is 582 g/mol. The first-order chi connectivity index (χ1) is 15.2. The molecule has 0 aliphatic carbocycles. The highest BCUT2D eigenvalue weighted by molar-refractivity contribution is 9.11. The number of anilines is 1. The third kappa shape index (κ3) is 6.90. The molecule has 0 spiro atoms. The molecule has 1 amide bonds. The van der Waals surface area contributed by atoms with Crippen LogP contribution in [0.1, 0.15) is 11.1 Å². The van der Waals surface area contributed by atoms with Gasteiger partial charge in [-0.25, -0.2) is 13.1 Å². The number of aryl methyl sites for hydroxylation is 1. The zero-order valence-electron chi connectivity index (χ0n) is 17.3. The molecule has 0 aromatic heterocycles. The molecule has 168 valence electrons. The minimum absolute atomic E-state index is 0.134. The van der Waals surface area contributed by atoms with Gasteiger partial charge < -0.3 is 10.1 Å². The molecule has 3 rings (SSSR count). The van der Waals surface area contributed by atoms with E-state index < -0.39 is 10.0 Å². The summed E-state index contributed by atoms with van der Waals surface area (Å²) in [7, 11) is -3.63. The molecule has 0 atom stereocenters. The Balaban J connectivity index is 1.53. The van der Waals surface area contributed by atoms with E-state index in [9.17, 15) is 13.2 Å². The molecule has 0 radical (unpaired) electrons. The molecular formula is C23H22Br2N2O4S. The lowest BCUT2D eigenvalue weighted by molar-refractivity contribution is -0.118. The van der Waals surface area contributed by atoms with E-state index in [4.69, 9.17) is 4.74 Å². The SMILES string of the molecule is Cc1cc(Br)cc(Br)c1OCC(=O)Nc1ccc(S(=O)(=O)NCCc2ccccc2)cc1. The van der Waals surface area contributed by atoms with Crippen molar-refractivity contribution in [3.05, 3.63) is 86.8 Å². The summed E-state index contributed by atoms with van der Waals surface area (Å²) in [5.74, 6) is 0.238. The zero-order chi connectivity index (χ0) is 23.1. The Bertz CT molecular complexity index is 1160. The fraction of sp³-hybridized carbons (Fsp3) is 0.174. The summed E-state index contributed by atoms with van der Waals surface area (Å²) in [5, 5.41) is 2.70. The van der Waals surface area contributed by atoms with Crippen molar-refractivity contribution in [3.63, 3.8) is 0 Å². The lowest BCUT2D eigenvalue weighted by atomic mass is 10.2. The number of hydrogen-bond acceptors (Lipinski definition) is 4. The Hall–Kier alpha value is -2.20. The van der Waals surface area contributed by atoms with E-state index in [1.807, 2.05) is 49.4 Å². The van der Waals surface area contributed by atoms with Crippen LogP contribution in [0.15, 0.2) is 80.6 Å². The van der Waals surface area contributed by atoms with Crippen LogP contribution in [0.2, 0.25) is 0 Å². The second kappa shape index (κ2) is 11.1. The highest BCUT2D eigenvalue weighted by atomic mass is 79.9. The van der Waals surface area contributed by atoms with Crippen LogP contribution in [0.5, 0.6) is 5.75 Å². The molecule has 0 saturated carbocycles. The minimum atomic E-state index is -3.63. The van der Waals surface area contributed by atoms with Gasteiger partial charge in [-0.05, 0) is 76.8 Å². The maximum absolute atomic E-state index is 12.5. The summed E-state index contributed by atoms with van der Waals surface area (Å²) in [6, 6.07) is 19.4. The molecule has 0 heterocycles. The Morgan fingerprint density at radius 3 is 2.34 bits per heavy atom. The van der Waals surface area contributed by atoms with Crippen molar-refractivity contribution >= 4 is 53.5 Å². The van der Waals surface area contributed by atoms with Gasteiger partial charge in [-0.2, -0.15) is 0 Å². The minimum Gasteiger partial charge on any atom is -0.482 e. The van der Waals surface area contributed by atoms with Crippen LogP contribution in [0, 0.1) is 6.92 Å². The second-order valence-electron chi connectivity index (χ2n) is 7.03. The maximum Gasteiger partial charge on any atom is 0.262 e. The van der Waals surface area contributed by atoms with E-state index in [1.165, 1.54) is 12.1 Å². The van der Waals surface area contributed by atoms with Crippen molar-refractivity contribution < 1.29 is 17.9 Å². The number of sulfonamides is 1. The Morgan fingerprint density at radius 1 is 1.00 bits per heavy atom. The fourth-order valence-electron chi connectivity index (χ4n) is 2.98. The molecule has 3 aromatic carbocycles. The van der Waals surface area contributed by atoms with Crippen LogP contribution < -0.4 is 14.8 Å². The van der Waals surface area contributed by atoms with Crippen molar-refractivity contribution in [2.45, 2.75) is 18.2 Å². The summed E-state index contributed by atoms with van der Waals surface area (Å²) in [6.07, 6.45) is 0.599. The predicted molar refractivity (Wildman–Crippen MR) is 132 cm³/mol. The Morgan fingerprint density at radius 2 is 1.69 bits per heavy atom. The zero-order valence-corrected chi connectivity index (χ0v) is 21.3. The first-order valence-corrected chi connectivity index (χ1v) is 12.8. The molecule has 3 aromatic rings. The van der Waals surface area contributed by atoms with E-state index in [0.717, 1.165) is 20.1 Å². The number of rotatable bonds is 9. The van der Waals surface area contributed by atoms with Crippen molar-refractivity contribution in [3.8, 4) is 5.75 Å². The summed E-state index contributed by atoms with van der Waals surface area (Å²) >= 11 is 6.83. The van der Waals surface area contributed by atoms with Crippen LogP contribution in [0.4, 0.5) is 5.69 Å². The van der Waals surface area contributed by atoms with E-state index in [1.54, 1.807) is 12.1 Å². The maximum atomic E-state index is 12.5. The molecule has 2 N–H and O–H groups in total. The molecule has 32 heavy (non-hydrogen) atoms. The molecule has 0 aliphatic heterocycles. The van der Waals surface area contributed by atoms with Crippen molar-refractivity contribution in [1.29, 1.82) is 0 Å². The van der Waals surface area contributed by atoms with Crippen LogP contribution >= 0.6 is 31.9 Å². The molecule has 9 heteroatoms. The highest BCUT2D eigenvalue weighted by Gasteiger charge is 2.14. The summed E-state index contributed by atoms with van der Waals surface area (Å²) in [4.78, 5) is 12.4. The van der Waals surface area contributed by atoms with Gasteiger partial charge in [0.2, 0.25) is 10.0 Å². The molecule has 0 bridgehead atoms. The van der Waals surface area contributed by atoms with Crippen LogP contribution in [-0.2, 0) is 21.2 Å². The first-order valence-electron chi connectivity index (χ1n) is 9.76. The van der Waals surface area contributed by atoms with Crippen molar-refractivity contribution in [2.24, 2.45) is 0 Å². The molecule has 0 saturated heterocycles. The van der Waals surface area contributed by atoms with Gasteiger partial charge in [-0.3, -0.25) is 4.79 Å². The van der Waals surface area contributed by atoms with Gasteiger partial charge in [-0.15, -0.1) is 0 Å². The van der Waals surface area contributed by atoms with Crippen LogP contribution in [0.25, 0.3) is 0 Å². The van der Waals surface area contributed by atoms with Gasteiger partial charge in [0.05, 0.1) is 9.37 Å². The number of halogens is 2. The molecule has 0 unspecified atom stereocenters. The number of hydrogen-bond donors (Lipinski definition) is 2. The summed E-state index contributed by atoms with van der Waals surface area (Å²) in [6.45, 7) is 2.01. The van der Waals surface area contributed by atoms with Crippen LogP contribution in [0.3, 0.4) is 0 Å². The van der Waals surface area contributed by atoms with Gasteiger partial charge in [0.15, 0.2) is 6.61 Å². The van der Waals surface area contributed by atoms with Crippen LogP contribution in [-0.4, -0.2) is 27.5 Å². The average Bonchev–Trinajstić information content (AvgIpc) is 2.74. The molecule has 0 aliphatic rings. The van der Waals surface area contributed by atoms with Gasteiger partial charge in [-0.1, -0.05) is 46.3 Å². The van der Waals surface area contributed by atoms with Gasteiger partial charge in [0.25, 0.3) is 5.91 Å². The molecule has 0 fully saturated rings. The number of amides is 1. The van der Waals surface area contributed by atoms with Gasteiger partial charge in [0, 0.05) is 16.7 Å². The number of ether oxygens (including phenoxy) is 1. The van der Waals surface area contributed by atoms with E-state index in [-0.39, 0.29) is 17.4 Å². The third-order valence-corrected chi connectivity index (χ3v) is 7.06. The number of carbonyl (C=O) groups excluding carboxylic acids is 1. The van der Waals surface area contributed by atoms with Gasteiger partial charge in [0.1, 0.15) is 5.75 Å². The second-order valence-corrected chi connectivity index (χ2v) is 10.6. The Kier molecular flexibility index (Phi) is 8.47. The van der Waals surface area contributed by atoms with E-state index >= 15 is 0 Å². The molecular weight excluding hydrogens is 560 g/mol. The molecule has 6 nitrogen and oxygen atoms in total. The lowest BCUT2D eigenvalue weighted by Crippen LogP contribution is -2.26. The van der Waals surface area contributed by atoms with E-state index in [0.29, 0.717) is 24.4 Å². The Labute approximate surface area is 204 Å². The number of nitrogens with one attached hydrogen (secondary N) is 2. The topological polar surface area (TPSA) is 84.5 Å². The number of benzene rings is 3. The monoisotopic (exact) mass is 580 g/mol. The lowest BCUT2D eigenvalue weighted by Gasteiger charge is -2.12. The standard InChI is InChI=1S/C23H22Br2N2O4S/c1-16-13-18(24)14-21(25)23(16)31-15-22(28)27-19-7-9-20(10-8-19)32(29,30)26-12-11-17-5-3-2-4-6-17/h2-10,13-14,26H,11-12,15H2,1H3,(H,27,28). The third-order valence-electron chi connectivity index (χ3n) is 4.54. The normalized spacial score (nSPS) is 11.2. The highest BCUT2D eigenvalue weighted by Crippen LogP contribution is 2.32.